The van der Waals surface area contributed by atoms with Crippen molar-refractivity contribution in [2.75, 3.05) is 19.8 Å². The molecule has 122 valence electrons. The van der Waals surface area contributed by atoms with E-state index in [1.54, 1.807) is 6.07 Å². The number of carbonyl (C=O) groups is 2. The highest BCUT2D eigenvalue weighted by molar-refractivity contribution is 7.15. The monoisotopic (exact) mass is 325 g/mol. The number of thiophene rings is 1. The molecule has 1 heterocycles. The molecule has 0 unspecified atom stereocenters. The Labute approximate surface area is 134 Å². The first-order chi connectivity index (χ1) is 10.6. The van der Waals surface area contributed by atoms with Gasteiger partial charge in [-0.2, -0.15) is 0 Å². The minimum absolute atomic E-state index is 0.137. The van der Waals surface area contributed by atoms with Crippen molar-refractivity contribution in [2.45, 2.75) is 39.0 Å². The first kappa shape index (κ1) is 17.0. The molecule has 0 bridgehead atoms. The molecule has 0 atom stereocenters. The van der Waals surface area contributed by atoms with Crippen LogP contribution in [-0.4, -0.2) is 36.7 Å². The van der Waals surface area contributed by atoms with Crippen molar-refractivity contribution in [3.8, 4) is 0 Å². The fourth-order valence-corrected chi connectivity index (χ4v) is 3.76. The lowest BCUT2D eigenvalue weighted by molar-refractivity contribution is 0.0702. The molecule has 1 saturated carbocycles. The molecule has 0 saturated heterocycles. The number of amides is 1. The lowest BCUT2D eigenvalue weighted by Crippen LogP contribution is -2.36. The van der Waals surface area contributed by atoms with E-state index < -0.39 is 5.97 Å². The normalized spacial score (nSPS) is 16.6. The quantitative estimate of drug-likeness (QED) is 0.720. The third-order valence-electron chi connectivity index (χ3n) is 4.31. The summed E-state index contributed by atoms with van der Waals surface area (Å²) < 4.78 is 5.47. The van der Waals surface area contributed by atoms with E-state index in [2.05, 4.69) is 5.32 Å². The maximum absolute atomic E-state index is 12.2. The van der Waals surface area contributed by atoms with E-state index in [-0.39, 0.29) is 16.2 Å². The minimum atomic E-state index is -0.993. The highest BCUT2D eigenvalue weighted by atomic mass is 32.1. The van der Waals surface area contributed by atoms with Gasteiger partial charge in [-0.05, 0) is 43.7 Å². The molecule has 1 aromatic rings. The number of ether oxygens (including phenoxy) is 1. The van der Waals surface area contributed by atoms with Gasteiger partial charge >= 0.3 is 5.97 Å². The van der Waals surface area contributed by atoms with Crippen LogP contribution in [0.25, 0.3) is 0 Å². The van der Waals surface area contributed by atoms with Crippen molar-refractivity contribution in [3.63, 3.8) is 0 Å². The Morgan fingerprint density at radius 1 is 1.32 bits per heavy atom. The third-order valence-corrected chi connectivity index (χ3v) is 5.38. The van der Waals surface area contributed by atoms with Gasteiger partial charge in [0, 0.05) is 19.8 Å². The van der Waals surface area contributed by atoms with Gasteiger partial charge in [0.1, 0.15) is 4.88 Å². The molecule has 0 radical (unpaired) electrons. The molecular formula is C16H23NO4S. The molecule has 1 aromatic heterocycles. The largest absolute Gasteiger partial charge is 0.477 e. The fraction of sp³-hybridized carbons (Fsp3) is 0.625. The molecule has 1 fully saturated rings. The minimum Gasteiger partial charge on any atom is -0.477 e. The predicted molar refractivity (Wildman–Crippen MR) is 85.6 cm³/mol. The van der Waals surface area contributed by atoms with Gasteiger partial charge in [-0.25, -0.2) is 4.79 Å². The first-order valence-corrected chi connectivity index (χ1v) is 8.57. The molecular weight excluding hydrogens is 302 g/mol. The second-order valence-electron chi connectivity index (χ2n) is 5.81. The smallest absolute Gasteiger partial charge is 0.345 e. The number of hydrogen-bond donors (Lipinski definition) is 2. The van der Waals surface area contributed by atoms with Crippen molar-refractivity contribution in [1.29, 1.82) is 0 Å². The Kier molecular flexibility index (Phi) is 5.97. The van der Waals surface area contributed by atoms with Crippen LogP contribution >= 0.6 is 11.3 Å². The summed E-state index contributed by atoms with van der Waals surface area (Å²) >= 11 is 1.02. The number of carboxylic acid groups (broad SMARTS) is 1. The average molecular weight is 325 g/mol. The maximum atomic E-state index is 12.2. The zero-order valence-corrected chi connectivity index (χ0v) is 13.7. The van der Waals surface area contributed by atoms with E-state index >= 15 is 0 Å². The topological polar surface area (TPSA) is 75.6 Å². The molecule has 1 aliphatic carbocycles. The van der Waals surface area contributed by atoms with E-state index in [0.29, 0.717) is 11.4 Å². The van der Waals surface area contributed by atoms with Gasteiger partial charge < -0.3 is 15.2 Å². The van der Waals surface area contributed by atoms with Crippen LogP contribution in [0.2, 0.25) is 0 Å². The Bertz CT molecular complexity index is 520. The lowest BCUT2D eigenvalue weighted by Gasteiger charge is -2.29. The van der Waals surface area contributed by atoms with Crippen LogP contribution in [0, 0.1) is 5.41 Å². The van der Waals surface area contributed by atoms with E-state index in [0.717, 1.165) is 43.8 Å². The van der Waals surface area contributed by atoms with Gasteiger partial charge in [-0.3, -0.25) is 4.79 Å². The van der Waals surface area contributed by atoms with Crippen LogP contribution in [-0.2, 0) is 4.74 Å². The summed E-state index contributed by atoms with van der Waals surface area (Å²) in [6.45, 7) is 4.07. The Balaban J connectivity index is 1.90. The molecule has 6 heteroatoms. The van der Waals surface area contributed by atoms with Gasteiger partial charge in [-0.15, -0.1) is 11.3 Å². The van der Waals surface area contributed by atoms with Gasteiger partial charge in [-0.1, -0.05) is 12.8 Å². The summed E-state index contributed by atoms with van der Waals surface area (Å²) in [5.41, 5.74) is 0.137. The van der Waals surface area contributed by atoms with E-state index in [9.17, 15) is 9.59 Å². The lowest BCUT2D eigenvalue weighted by atomic mass is 9.83. The van der Waals surface area contributed by atoms with Crippen LogP contribution in [0.15, 0.2) is 12.1 Å². The second-order valence-corrected chi connectivity index (χ2v) is 6.89. The molecule has 0 spiro atoms. The predicted octanol–water partition coefficient (Wildman–Crippen LogP) is 3.16. The Morgan fingerprint density at radius 3 is 2.59 bits per heavy atom. The number of nitrogens with one attached hydrogen (secondary N) is 1. The zero-order chi connectivity index (χ0) is 16.0. The third kappa shape index (κ3) is 4.30. The average Bonchev–Trinajstić information content (AvgIpc) is 3.15. The van der Waals surface area contributed by atoms with E-state index in [1.165, 1.54) is 18.9 Å². The summed E-state index contributed by atoms with van der Waals surface area (Å²) in [5, 5.41) is 11.9. The zero-order valence-electron chi connectivity index (χ0n) is 12.9. The van der Waals surface area contributed by atoms with Crippen molar-refractivity contribution in [3.05, 3.63) is 21.9 Å². The first-order valence-electron chi connectivity index (χ1n) is 7.75. The summed E-state index contributed by atoms with van der Waals surface area (Å²) in [7, 11) is 0. The highest BCUT2D eigenvalue weighted by Gasteiger charge is 2.34. The summed E-state index contributed by atoms with van der Waals surface area (Å²) in [6.07, 6.45) is 5.59. The summed E-state index contributed by atoms with van der Waals surface area (Å²) in [4.78, 5) is 23.7. The number of carbonyl (C=O) groups excluding carboxylic acids is 1. The van der Waals surface area contributed by atoms with Crippen molar-refractivity contribution in [2.24, 2.45) is 5.41 Å². The molecule has 2 rings (SSSR count). The van der Waals surface area contributed by atoms with Crippen LogP contribution in [0.3, 0.4) is 0 Å². The Morgan fingerprint density at radius 2 is 2.00 bits per heavy atom. The van der Waals surface area contributed by atoms with E-state index in [1.807, 2.05) is 6.92 Å². The molecule has 1 amide bonds. The van der Waals surface area contributed by atoms with Crippen molar-refractivity contribution in [1.82, 2.24) is 5.32 Å². The SMILES string of the molecule is CCOCCC1(CNC(=O)c2ccc(C(=O)O)s2)CCCC1. The molecule has 5 nitrogen and oxygen atoms in total. The molecule has 2 N–H and O–H groups in total. The second kappa shape index (κ2) is 7.74. The van der Waals surface area contributed by atoms with Crippen molar-refractivity contribution >= 4 is 23.2 Å². The molecule has 0 aliphatic heterocycles. The number of hydrogen-bond acceptors (Lipinski definition) is 4. The van der Waals surface area contributed by atoms with Gasteiger partial charge in [0.25, 0.3) is 5.91 Å². The maximum Gasteiger partial charge on any atom is 0.345 e. The summed E-state index contributed by atoms with van der Waals surface area (Å²) in [5.74, 6) is -1.17. The van der Waals surface area contributed by atoms with Crippen LogP contribution < -0.4 is 5.32 Å². The molecule has 22 heavy (non-hydrogen) atoms. The van der Waals surface area contributed by atoms with E-state index in [4.69, 9.17) is 9.84 Å². The highest BCUT2D eigenvalue weighted by Crippen LogP contribution is 2.40. The van der Waals surface area contributed by atoms with Crippen LogP contribution in [0.5, 0.6) is 0 Å². The number of rotatable bonds is 8. The fourth-order valence-electron chi connectivity index (χ4n) is 3.00. The van der Waals surface area contributed by atoms with Gasteiger partial charge in [0.2, 0.25) is 0 Å². The van der Waals surface area contributed by atoms with Crippen molar-refractivity contribution < 1.29 is 19.4 Å². The van der Waals surface area contributed by atoms with Crippen LogP contribution in [0.4, 0.5) is 0 Å². The molecule has 0 aromatic carbocycles. The number of carboxylic acids is 1. The standard InChI is InChI=1S/C16H23NO4S/c1-2-21-10-9-16(7-3-4-8-16)11-17-14(18)12-5-6-13(22-12)15(19)20/h5-6H,2-4,7-11H2,1H3,(H,17,18)(H,19,20). The number of aromatic carboxylic acids is 1. The molecule has 1 aliphatic rings. The van der Waals surface area contributed by atoms with Gasteiger partial charge in [0.05, 0.1) is 4.88 Å². The van der Waals surface area contributed by atoms with Crippen LogP contribution in [0.1, 0.15) is 58.4 Å². The Hall–Kier alpha value is -1.40. The van der Waals surface area contributed by atoms with Gasteiger partial charge in [0.15, 0.2) is 0 Å². The summed E-state index contributed by atoms with van der Waals surface area (Å²) in [6, 6.07) is 3.05.